The number of hydrogen-bond donors (Lipinski definition) is 0. The summed E-state index contributed by atoms with van der Waals surface area (Å²) in [5.74, 6) is 1.26. The van der Waals surface area contributed by atoms with Gasteiger partial charge in [-0.2, -0.15) is 14.9 Å². The molecule has 3 aromatic heterocycles. The Kier molecular flexibility index (Phi) is 4.07. The molecule has 29 heavy (non-hydrogen) atoms. The van der Waals surface area contributed by atoms with Crippen LogP contribution in [-0.2, 0) is 6.61 Å². The summed E-state index contributed by atoms with van der Waals surface area (Å²) in [4.78, 5) is 4.31. The third-order valence-electron chi connectivity index (χ3n) is 4.59. The van der Waals surface area contributed by atoms with E-state index in [4.69, 9.17) is 10.00 Å². The van der Waals surface area contributed by atoms with Crippen molar-refractivity contribution in [3.05, 3.63) is 84.3 Å². The Morgan fingerprint density at radius 1 is 0.966 bits per heavy atom. The maximum absolute atomic E-state index is 9.07. The second kappa shape index (κ2) is 7.02. The van der Waals surface area contributed by atoms with Crippen LogP contribution in [0.5, 0.6) is 5.75 Å². The smallest absolute Gasteiger partial charge is 0.192 e. The summed E-state index contributed by atoms with van der Waals surface area (Å²) >= 11 is 0. The highest BCUT2D eigenvalue weighted by Crippen LogP contribution is 2.25. The first-order valence-corrected chi connectivity index (χ1v) is 9.00. The second-order valence-corrected chi connectivity index (χ2v) is 6.41. The minimum Gasteiger partial charge on any atom is -0.485 e. The largest absolute Gasteiger partial charge is 0.485 e. The van der Waals surface area contributed by atoms with Crippen LogP contribution >= 0.6 is 0 Å². The van der Waals surface area contributed by atoms with Crippen LogP contribution in [0.15, 0.2) is 72.9 Å². The molecule has 0 saturated carbocycles. The average Bonchev–Trinajstić information content (AvgIpc) is 3.20. The van der Waals surface area contributed by atoms with Gasteiger partial charge in [-0.15, -0.1) is 10.2 Å². The number of fused-ring (bicyclic) bond motifs is 2. The number of ether oxygens (including phenoxy) is 1. The van der Waals surface area contributed by atoms with Gasteiger partial charge in [-0.05, 0) is 36.4 Å². The van der Waals surface area contributed by atoms with Crippen molar-refractivity contribution in [2.24, 2.45) is 0 Å². The van der Waals surface area contributed by atoms with Crippen LogP contribution in [0.25, 0.3) is 27.8 Å². The minimum atomic E-state index is 0.200. The monoisotopic (exact) mass is 378 g/mol. The molecular formula is C22H14N6O. The number of pyridine rings is 1. The zero-order valence-electron chi connectivity index (χ0n) is 15.2. The Balaban J connectivity index is 1.47. The van der Waals surface area contributed by atoms with Crippen LogP contribution in [0.3, 0.4) is 0 Å². The van der Waals surface area contributed by atoms with Gasteiger partial charge in [0.1, 0.15) is 12.4 Å². The summed E-state index contributed by atoms with van der Waals surface area (Å²) in [6, 6.07) is 23.0. The number of benzene rings is 2. The molecule has 0 fully saturated rings. The van der Waals surface area contributed by atoms with E-state index >= 15 is 0 Å². The maximum atomic E-state index is 9.07. The molecule has 0 N–H and O–H groups in total. The number of nitriles is 1. The van der Waals surface area contributed by atoms with Crippen molar-refractivity contribution < 1.29 is 4.74 Å². The van der Waals surface area contributed by atoms with E-state index in [1.54, 1.807) is 28.9 Å². The third-order valence-corrected chi connectivity index (χ3v) is 4.59. The molecule has 0 unspecified atom stereocenters. The number of nitrogens with zero attached hydrogens (tertiary/aromatic N) is 6. The molecule has 0 aliphatic rings. The van der Waals surface area contributed by atoms with Gasteiger partial charge in [0, 0.05) is 17.1 Å². The van der Waals surface area contributed by atoms with E-state index in [-0.39, 0.29) is 6.61 Å². The highest BCUT2D eigenvalue weighted by molar-refractivity contribution is 5.85. The molecule has 0 radical (unpaired) electrons. The SMILES string of the molecule is N#Cc1ccc2c(OCc3nnc4ccc(-c5ccccc5)nn34)ccnc2c1. The first-order valence-electron chi connectivity index (χ1n) is 9.00. The third kappa shape index (κ3) is 3.13. The fourth-order valence-electron chi connectivity index (χ4n) is 3.15. The summed E-state index contributed by atoms with van der Waals surface area (Å²) in [5, 5.41) is 23.0. The molecule has 7 nitrogen and oxygen atoms in total. The number of rotatable bonds is 4. The van der Waals surface area contributed by atoms with Crippen molar-refractivity contribution in [1.82, 2.24) is 24.8 Å². The molecule has 0 aliphatic heterocycles. The van der Waals surface area contributed by atoms with E-state index in [0.717, 1.165) is 16.6 Å². The molecule has 3 heterocycles. The molecule has 138 valence electrons. The predicted molar refractivity (Wildman–Crippen MR) is 107 cm³/mol. The van der Waals surface area contributed by atoms with Gasteiger partial charge in [-0.3, -0.25) is 4.98 Å². The molecule has 0 bridgehead atoms. The molecule has 0 spiro atoms. The van der Waals surface area contributed by atoms with Crippen LogP contribution < -0.4 is 4.74 Å². The number of aromatic nitrogens is 5. The van der Waals surface area contributed by atoms with Crippen molar-refractivity contribution >= 4 is 16.6 Å². The lowest BCUT2D eigenvalue weighted by Crippen LogP contribution is -2.05. The van der Waals surface area contributed by atoms with Crippen LogP contribution in [0.1, 0.15) is 11.4 Å². The maximum Gasteiger partial charge on any atom is 0.192 e. The van der Waals surface area contributed by atoms with E-state index in [9.17, 15) is 0 Å². The first kappa shape index (κ1) is 16.8. The van der Waals surface area contributed by atoms with Gasteiger partial charge in [0.2, 0.25) is 0 Å². The van der Waals surface area contributed by atoms with Crippen molar-refractivity contribution in [1.29, 1.82) is 5.26 Å². The standard InChI is InChI=1S/C22H14N6O/c23-13-15-6-7-17-19(12-15)24-11-10-20(17)29-14-22-26-25-21-9-8-18(27-28(21)22)16-4-2-1-3-5-16/h1-12H,14H2. The van der Waals surface area contributed by atoms with Gasteiger partial charge in [-0.25, -0.2) is 0 Å². The van der Waals surface area contributed by atoms with Gasteiger partial charge in [-0.1, -0.05) is 30.3 Å². The van der Waals surface area contributed by atoms with Gasteiger partial charge in [0.15, 0.2) is 11.5 Å². The predicted octanol–water partition coefficient (Wildman–Crippen LogP) is 3.79. The highest BCUT2D eigenvalue weighted by Gasteiger charge is 2.11. The van der Waals surface area contributed by atoms with Crippen molar-refractivity contribution in [2.45, 2.75) is 6.61 Å². The van der Waals surface area contributed by atoms with Gasteiger partial charge in [0.25, 0.3) is 0 Å². The topological polar surface area (TPSA) is 89.0 Å². The van der Waals surface area contributed by atoms with Crippen molar-refractivity contribution in [2.75, 3.05) is 0 Å². The van der Waals surface area contributed by atoms with Gasteiger partial charge < -0.3 is 4.74 Å². The molecule has 0 atom stereocenters. The highest BCUT2D eigenvalue weighted by atomic mass is 16.5. The van der Waals surface area contributed by atoms with E-state index in [1.807, 2.05) is 48.5 Å². The van der Waals surface area contributed by atoms with Gasteiger partial charge >= 0.3 is 0 Å². The summed E-state index contributed by atoms with van der Waals surface area (Å²) in [5.41, 5.74) is 3.77. The average molecular weight is 378 g/mol. The fourth-order valence-corrected chi connectivity index (χ4v) is 3.15. The van der Waals surface area contributed by atoms with Crippen molar-refractivity contribution in [3.63, 3.8) is 0 Å². The summed E-state index contributed by atoms with van der Waals surface area (Å²) in [7, 11) is 0. The number of hydrogen-bond acceptors (Lipinski definition) is 6. The normalized spacial score (nSPS) is 10.9. The molecule has 5 rings (SSSR count). The molecule has 5 aromatic rings. The van der Waals surface area contributed by atoms with E-state index in [0.29, 0.717) is 28.3 Å². The summed E-state index contributed by atoms with van der Waals surface area (Å²) < 4.78 is 7.70. The van der Waals surface area contributed by atoms with Crippen LogP contribution in [0, 0.1) is 11.3 Å². The Morgan fingerprint density at radius 3 is 2.72 bits per heavy atom. The molecule has 7 heteroatoms. The van der Waals surface area contributed by atoms with E-state index < -0.39 is 0 Å². The molecular weight excluding hydrogens is 364 g/mol. The zero-order valence-corrected chi connectivity index (χ0v) is 15.2. The molecule has 0 aliphatic carbocycles. The van der Waals surface area contributed by atoms with Crippen LogP contribution in [0.4, 0.5) is 0 Å². The minimum absolute atomic E-state index is 0.200. The molecule has 0 saturated heterocycles. The van der Waals surface area contributed by atoms with Gasteiger partial charge in [0.05, 0.1) is 22.8 Å². The Labute approximate surface area is 165 Å². The zero-order chi connectivity index (χ0) is 19.6. The summed E-state index contributed by atoms with van der Waals surface area (Å²) in [6.45, 7) is 0.200. The van der Waals surface area contributed by atoms with Crippen molar-refractivity contribution in [3.8, 4) is 23.1 Å². The molecule has 0 amide bonds. The fraction of sp³-hybridized carbons (Fsp3) is 0.0455. The Bertz CT molecular complexity index is 1370. The Morgan fingerprint density at radius 2 is 1.86 bits per heavy atom. The molecule has 2 aromatic carbocycles. The quantitative estimate of drug-likeness (QED) is 0.473. The lowest BCUT2D eigenvalue weighted by atomic mass is 10.1. The summed E-state index contributed by atoms with van der Waals surface area (Å²) in [6.07, 6.45) is 1.66. The Hall–Kier alpha value is -4.31. The first-order chi connectivity index (χ1) is 14.3. The second-order valence-electron chi connectivity index (χ2n) is 6.41. The van der Waals surface area contributed by atoms with E-state index in [2.05, 4.69) is 26.3 Å². The van der Waals surface area contributed by atoms with E-state index in [1.165, 1.54) is 0 Å². The lowest BCUT2D eigenvalue weighted by molar-refractivity contribution is 0.296. The lowest BCUT2D eigenvalue weighted by Gasteiger charge is -2.08. The van der Waals surface area contributed by atoms with Crippen LogP contribution in [0.2, 0.25) is 0 Å². The van der Waals surface area contributed by atoms with Crippen LogP contribution in [-0.4, -0.2) is 24.8 Å².